The molecule has 1 aliphatic rings. The monoisotopic (exact) mass is 221 g/mol. The molecule has 0 fully saturated rings. The molecule has 0 radical (unpaired) electrons. The SMILES string of the molecule is C=C(CCN)c1cc2c(cc1OC)OCO2. The minimum atomic E-state index is 0.255. The molecule has 4 heteroatoms. The topological polar surface area (TPSA) is 53.7 Å². The summed E-state index contributed by atoms with van der Waals surface area (Å²) in [6.45, 7) is 4.81. The van der Waals surface area contributed by atoms with E-state index in [0.29, 0.717) is 12.3 Å². The van der Waals surface area contributed by atoms with E-state index in [1.54, 1.807) is 7.11 Å². The van der Waals surface area contributed by atoms with Gasteiger partial charge < -0.3 is 19.9 Å². The van der Waals surface area contributed by atoms with Gasteiger partial charge in [-0.15, -0.1) is 0 Å². The summed E-state index contributed by atoms with van der Waals surface area (Å²) < 4.78 is 15.9. The smallest absolute Gasteiger partial charge is 0.231 e. The zero-order valence-corrected chi connectivity index (χ0v) is 9.29. The fraction of sp³-hybridized carbons (Fsp3) is 0.333. The first kappa shape index (κ1) is 10.8. The van der Waals surface area contributed by atoms with E-state index in [9.17, 15) is 0 Å². The Hall–Kier alpha value is -1.68. The fourth-order valence-electron chi connectivity index (χ4n) is 1.68. The third kappa shape index (κ3) is 1.84. The predicted octanol–water partition coefficient (Wildman–Crippen LogP) is 1.79. The van der Waals surface area contributed by atoms with E-state index >= 15 is 0 Å². The molecule has 0 atom stereocenters. The molecule has 0 saturated heterocycles. The van der Waals surface area contributed by atoms with E-state index in [1.165, 1.54) is 0 Å². The summed E-state index contributed by atoms with van der Waals surface area (Å²) in [6.07, 6.45) is 0.732. The number of fused-ring (bicyclic) bond motifs is 1. The second-order valence-corrected chi connectivity index (χ2v) is 3.55. The van der Waals surface area contributed by atoms with E-state index in [-0.39, 0.29) is 6.79 Å². The first-order valence-electron chi connectivity index (χ1n) is 5.12. The van der Waals surface area contributed by atoms with Crippen LogP contribution in [0.3, 0.4) is 0 Å². The highest BCUT2D eigenvalue weighted by molar-refractivity contribution is 5.72. The van der Waals surface area contributed by atoms with Crippen molar-refractivity contribution in [2.45, 2.75) is 6.42 Å². The molecule has 1 aromatic carbocycles. The quantitative estimate of drug-likeness (QED) is 0.842. The van der Waals surface area contributed by atoms with E-state index < -0.39 is 0 Å². The Bertz CT molecular complexity index is 415. The molecule has 4 nitrogen and oxygen atoms in total. The van der Waals surface area contributed by atoms with Crippen LogP contribution in [-0.4, -0.2) is 20.4 Å². The Kier molecular flexibility index (Phi) is 3.01. The van der Waals surface area contributed by atoms with Gasteiger partial charge in [0.2, 0.25) is 6.79 Å². The lowest BCUT2D eigenvalue weighted by atomic mass is 10.0. The highest BCUT2D eigenvalue weighted by Crippen LogP contribution is 2.40. The predicted molar refractivity (Wildman–Crippen MR) is 61.8 cm³/mol. The molecular weight excluding hydrogens is 206 g/mol. The van der Waals surface area contributed by atoms with Crippen LogP contribution in [0.2, 0.25) is 0 Å². The summed E-state index contributed by atoms with van der Waals surface area (Å²) in [4.78, 5) is 0. The molecule has 1 aromatic rings. The molecule has 86 valence electrons. The van der Waals surface area contributed by atoms with Crippen molar-refractivity contribution in [3.8, 4) is 17.2 Å². The molecule has 0 aromatic heterocycles. The Labute approximate surface area is 94.6 Å². The van der Waals surface area contributed by atoms with Gasteiger partial charge in [0, 0.05) is 11.6 Å². The van der Waals surface area contributed by atoms with Gasteiger partial charge in [0.1, 0.15) is 5.75 Å². The van der Waals surface area contributed by atoms with Gasteiger partial charge in [-0.1, -0.05) is 6.58 Å². The largest absolute Gasteiger partial charge is 0.496 e. The third-order valence-corrected chi connectivity index (χ3v) is 2.52. The van der Waals surface area contributed by atoms with Gasteiger partial charge in [-0.05, 0) is 24.6 Å². The van der Waals surface area contributed by atoms with Gasteiger partial charge >= 0.3 is 0 Å². The van der Waals surface area contributed by atoms with Gasteiger partial charge in [-0.2, -0.15) is 0 Å². The summed E-state index contributed by atoms with van der Waals surface area (Å²) in [5.41, 5.74) is 7.38. The van der Waals surface area contributed by atoms with Crippen molar-refractivity contribution in [3.63, 3.8) is 0 Å². The summed E-state index contributed by atoms with van der Waals surface area (Å²) in [6, 6.07) is 3.71. The van der Waals surface area contributed by atoms with Crippen LogP contribution in [0.25, 0.3) is 5.57 Å². The maximum absolute atomic E-state index is 5.51. The van der Waals surface area contributed by atoms with Crippen LogP contribution < -0.4 is 19.9 Å². The highest BCUT2D eigenvalue weighted by Gasteiger charge is 2.18. The van der Waals surface area contributed by atoms with Crippen molar-refractivity contribution in [2.75, 3.05) is 20.4 Å². The number of hydrogen-bond acceptors (Lipinski definition) is 4. The van der Waals surface area contributed by atoms with E-state index in [1.807, 2.05) is 12.1 Å². The van der Waals surface area contributed by atoms with Crippen LogP contribution in [0.4, 0.5) is 0 Å². The second kappa shape index (κ2) is 4.45. The molecule has 16 heavy (non-hydrogen) atoms. The molecule has 0 saturated carbocycles. The van der Waals surface area contributed by atoms with Crippen LogP contribution in [-0.2, 0) is 0 Å². The van der Waals surface area contributed by atoms with Crippen LogP contribution in [0, 0.1) is 0 Å². The van der Waals surface area contributed by atoms with E-state index in [4.69, 9.17) is 19.9 Å². The molecule has 2 rings (SSSR count). The van der Waals surface area contributed by atoms with Crippen molar-refractivity contribution in [1.82, 2.24) is 0 Å². The zero-order valence-electron chi connectivity index (χ0n) is 9.29. The molecule has 0 amide bonds. The number of methoxy groups -OCH3 is 1. The molecule has 1 aliphatic heterocycles. The van der Waals surface area contributed by atoms with Crippen molar-refractivity contribution in [2.24, 2.45) is 5.73 Å². The zero-order chi connectivity index (χ0) is 11.5. The number of benzene rings is 1. The minimum absolute atomic E-state index is 0.255. The number of hydrogen-bond donors (Lipinski definition) is 1. The lowest BCUT2D eigenvalue weighted by Gasteiger charge is -2.11. The first-order valence-corrected chi connectivity index (χ1v) is 5.12. The number of nitrogens with two attached hydrogens (primary N) is 1. The van der Waals surface area contributed by atoms with Crippen LogP contribution in [0.1, 0.15) is 12.0 Å². The van der Waals surface area contributed by atoms with Gasteiger partial charge in [-0.3, -0.25) is 0 Å². The molecule has 1 heterocycles. The van der Waals surface area contributed by atoms with Gasteiger partial charge in [-0.25, -0.2) is 0 Å². The lowest BCUT2D eigenvalue weighted by Crippen LogP contribution is -2.00. The Morgan fingerprint density at radius 3 is 2.75 bits per heavy atom. The Morgan fingerprint density at radius 1 is 1.44 bits per heavy atom. The summed E-state index contributed by atoms with van der Waals surface area (Å²) in [5.74, 6) is 2.18. The maximum Gasteiger partial charge on any atom is 0.231 e. The molecule has 0 spiro atoms. The second-order valence-electron chi connectivity index (χ2n) is 3.55. The van der Waals surface area contributed by atoms with Crippen molar-refractivity contribution < 1.29 is 14.2 Å². The molecule has 0 bridgehead atoms. The normalized spacial score (nSPS) is 12.6. The van der Waals surface area contributed by atoms with Crippen LogP contribution in [0.15, 0.2) is 18.7 Å². The van der Waals surface area contributed by atoms with Gasteiger partial charge in [0.15, 0.2) is 11.5 Å². The molecule has 2 N–H and O–H groups in total. The minimum Gasteiger partial charge on any atom is -0.496 e. The average Bonchev–Trinajstić information content (AvgIpc) is 2.74. The Balaban J connectivity index is 2.39. The van der Waals surface area contributed by atoms with Crippen LogP contribution in [0.5, 0.6) is 17.2 Å². The van der Waals surface area contributed by atoms with Gasteiger partial charge in [0.25, 0.3) is 0 Å². The average molecular weight is 221 g/mol. The van der Waals surface area contributed by atoms with Crippen molar-refractivity contribution >= 4 is 5.57 Å². The standard InChI is InChI=1S/C12H15NO3/c1-8(3-4-13)9-5-11-12(16-7-15-11)6-10(9)14-2/h5-6H,1,3-4,7,13H2,2H3. The summed E-state index contributed by atoms with van der Waals surface area (Å²) in [7, 11) is 1.62. The molecular formula is C12H15NO3. The highest BCUT2D eigenvalue weighted by atomic mass is 16.7. The molecule has 0 unspecified atom stereocenters. The van der Waals surface area contributed by atoms with E-state index in [0.717, 1.165) is 29.1 Å². The maximum atomic E-state index is 5.51. The summed E-state index contributed by atoms with van der Waals surface area (Å²) in [5, 5.41) is 0. The van der Waals surface area contributed by atoms with Gasteiger partial charge in [0.05, 0.1) is 7.11 Å². The van der Waals surface area contributed by atoms with Crippen LogP contribution >= 0.6 is 0 Å². The Morgan fingerprint density at radius 2 is 2.12 bits per heavy atom. The van der Waals surface area contributed by atoms with Crippen molar-refractivity contribution in [1.29, 1.82) is 0 Å². The number of ether oxygens (including phenoxy) is 3. The van der Waals surface area contributed by atoms with Crippen molar-refractivity contribution in [3.05, 3.63) is 24.3 Å². The third-order valence-electron chi connectivity index (χ3n) is 2.52. The number of rotatable bonds is 4. The summed E-state index contributed by atoms with van der Waals surface area (Å²) >= 11 is 0. The molecule has 0 aliphatic carbocycles. The first-order chi connectivity index (χ1) is 7.76. The lowest BCUT2D eigenvalue weighted by molar-refractivity contribution is 0.174. The fourth-order valence-corrected chi connectivity index (χ4v) is 1.68. The van der Waals surface area contributed by atoms with E-state index in [2.05, 4.69) is 6.58 Å².